The molecule has 1 unspecified atom stereocenters. The zero-order valence-corrected chi connectivity index (χ0v) is 14.4. The number of aryl methyl sites for hydroxylation is 3. The van der Waals surface area contributed by atoms with E-state index in [1.807, 2.05) is 39.0 Å². The van der Waals surface area contributed by atoms with Gasteiger partial charge in [-0.3, -0.25) is 4.79 Å². The van der Waals surface area contributed by atoms with E-state index >= 15 is 0 Å². The van der Waals surface area contributed by atoms with Gasteiger partial charge in [-0.25, -0.2) is 0 Å². The molecule has 0 aliphatic rings. The first-order valence-corrected chi connectivity index (χ1v) is 9.14. The van der Waals surface area contributed by atoms with E-state index in [-0.39, 0.29) is 11.7 Å². The van der Waals surface area contributed by atoms with Crippen molar-refractivity contribution in [2.45, 2.75) is 26.9 Å². The van der Waals surface area contributed by atoms with E-state index in [4.69, 9.17) is 0 Å². The van der Waals surface area contributed by atoms with Gasteiger partial charge in [-0.05, 0) is 43.5 Å². The Labute approximate surface area is 129 Å². The number of benzene rings is 1. The molecule has 0 N–H and O–H groups in total. The predicted molar refractivity (Wildman–Crippen MR) is 92.3 cm³/mol. The van der Waals surface area contributed by atoms with E-state index in [1.165, 1.54) is 11.3 Å². The van der Waals surface area contributed by atoms with Crippen LogP contribution >= 0.6 is 19.1 Å². The Kier molecular flexibility index (Phi) is 4.65. The molecule has 0 amide bonds. The minimum absolute atomic E-state index is 0.230. The second kappa shape index (κ2) is 6.13. The average molecular weight is 318 g/mol. The van der Waals surface area contributed by atoms with Crippen LogP contribution in [0.3, 0.4) is 0 Å². The summed E-state index contributed by atoms with van der Waals surface area (Å²) in [5.41, 5.74) is 4.17. The van der Waals surface area contributed by atoms with Crippen LogP contribution in [0.2, 0.25) is 0 Å². The highest BCUT2D eigenvalue weighted by molar-refractivity contribution is 7.63. The molecule has 2 rings (SSSR count). The van der Waals surface area contributed by atoms with Crippen LogP contribution in [-0.4, -0.2) is 5.52 Å². The molecule has 2 nitrogen and oxygen atoms in total. The maximum Gasteiger partial charge on any atom is 0.219 e. The number of carbonyl (C=O) groups is 1. The standard InChI is InChI=1S/C17H19O2PS/c1-10-6-11(2)16(12(3)7-10)17(18)20(19)9-15-8-13(4)21-14(15)5/h6-8,20H,4-5,9H2,1-3H3. The van der Waals surface area contributed by atoms with E-state index in [2.05, 4.69) is 13.2 Å². The first kappa shape index (κ1) is 15.9. The van der Waals surface area contributed by atoms with Gasteiger partial charge in [0.15, 0.2) is 0 Å². The summed E-state index contributed by atoms with van der Waals surface area (Å²) in [7, 11) is -2.39. The topological polar surface area (TPSA) is 34.1 Å². The molecule has 1 heterocycles. The highest BCUT2D eigenvalue weighted by Crippen LogP contribution is 2.33. The van der Waals surface area contributed by atoms with Crippen molar-refractivity contribution in [1.29, 1.82) is 0 Å². The fourth-order valence-electron chi connectivity index (χ4n) is 2.61. The lowest BCUT2D eigenvalue weighted by Crippen LogP contribution is -2.04. The Morgan fingerprint density at radius 2 is 1.71 bits per heavy atom. The molecule has 1 atom stereocenters. The van der Waals surface area contributed by atoms with Crippen LogP contribution in [0.15, 0.2) is 18.2 Å². The van der Waals surface area contributed by atoms with E-state index in [0.29, 0.717) is 5.56 Å². The molecule has 0 aliphatic carbocycles. The van der Waals surface area contributed by atoms with Gasteiger partial charge in [-0.2, -0.15) is 0 Å². The summed E-state index contributed by atoms with van der Waals surface area (Å²) in [6, 6.07) is 5.79. The minimum Gasteiger partial charge on any atom is -0.318 e. The lowest BCUT2D eigenvalue weighted by atomic mass is 10.0. The first-order valence-electron chi connectivity index (χ1n) is 6.71. The number of carbonyl (C=O) groups excluding carboxylic acids is 1. The monoisotopic (exact) mass is 318 g/mol. The summed E-state index contributed by atoms with van der Waals surface area (Å²) in [5, 5.41) is 0. The van der Waals surface area contributed by atoms with Crippen molar-refractivity contribution >= 4 is 37.8 Å². The predicted octanol–water partition coefficient (Wildman–Crippen LogP) is 3.39. The highest BCUT2D eigenvalue weighted by atomic mass is 32.1. The van der Waals surface area contributed by atoms with Crippen molar-refractivity contribution in [3.63, 3.8) is 0 Å². The van der Waals surface area contributed by atoms with Crippen molar-refractivity contribution in [2.75, 3.05) is 0 Å². The molecule has 0 spiro atoms. The molecular formula is C17H19O2PS. The maximum atomic E-state index is 12.5. The normalized spacial score (nSPS) is 12.3. The third-order valence-electron chi connectivity index (χ3n) is 3.46. The van der Waals surface area contributed by atoms with Gasteiger partial charge in [0.1, 0.15) is 7.80 Å². The summed E-state index contributed by atoms with van der Waals surface area (Å²) in [5.74, 6) is 0. The van der Waals surface area contributed by atoms with Crippen LogP contribution in [-0.2, 0) is 10.7 Å². The Bertz CT molecular complexity index is 810. The lowest BCUT2D eigenvalue weighted by Gasteiger charge is -2.10. The molecule has 0 aliphatic heterocycles. The van der Waals surface area contributed by atoms with Crippen LogP contribution < -0.4 is 9.06 Å². The SMILES string of the molecule is C=c1cc(C[PH](=O)C(=O)c2c(C)cc(C)cc2C)c(=C)s1. The van der Waals surface area contributed by atoms with Gasteiger partial charge in [0, 0.05) is 20.8 Å². The van der Waals surface area contributed by atoms with Gasteiger partial charge in [0.05, 0.1) is 0 Å². The van der Waals surface area contributed by atoms with Gasteiger partial charge in [-0.15, -0.1) is 11.3 Å². The molecule has 4 heteroatoms. The molecule has 1 aromatic heterocycles. The van der Waals surface area contributed by atoms with Gasteiger partial charge < -0.3 is 4.57 Å². The second-order valence-corrected chi connectivity index (χ2v) is 8.24. The third kappa shape index (κ3) is 3.42. The quantitative estimate of drug-likeness (QED) is 0.810. The average Bonchev–Trinajstić information content (AvgIpc) is 2.66. The van der Waals surface area contributed by atoms with Gasteiger partial charge in [-0.1, -0.05) is 30.9 Å². The van der Waals surface area contributed by atoms with Crippen molar-refractivity contribution in [3.8, 4) is 0 Å². The first-order chi connectivity index (χ1) is 9.79. The van der Waals surface area contributed by atoms with Crippen molar-refractivity contribution in [1.82, 2.24) is 0 Å². The van der Waals surface area contributed by atoms with Crippen molar-refractivity contribution in [2.24, 2.45) is 0 Å². The summed E-state index contributed by atoms with van der Waals surface area (Å²) < 4.78 is 14.2. The Balaban J connectivity index is 2.32. The smallest absolute Gasteiger partial charge is 0.219 e. The van der Waals surface area contributed by atoms with Gasteiger partial charge in [0.2, 0.25) is 5.52 Å². The Hall–Kier alpha value is -1.44. The molecule has 2 aromatic rings. The fraction of sp³-hybridized carbons (Fsp3) is 0.235. The lowest BCUT2D eigenvalue weighted by molar-refractivity contribution is 0.107. The van der Waals surface area contributed by atoms with E-state index < -0.39 is 7.80 Å². The van der Waals surface area contributed by atoms with Crippen molar-refractivity contribution < 1.29 is 9.36 Å². The van der Waals surface area contributed by atoms with Gasteiger partial charge >= 0.3 is 0 Å². The van der Waals surface area contributed by atoms with E-state index in [9.17, 15) is 9.36 Å². The maximum absolute atomic E-state index is 12.5. The van der Waals surface area contributed by atoms with Crippen molar-refractivity contribution in [3.05, 3.63) is 55.1 Å². The summed E-state index contributed by atoms with van der Waals surface area (Å²) >= 11 is 1.47. The number of hydrogen-bond donors (Lipinski definition) is 0. The number of thiophene rings is 1. The highest BCUT2D eigenvalue weighted by Gasteiger charge is 2.19. The van der Waals surface area contributed by atoms with E-state index in [1.54, 1.807) is 0 Å². The molecule has 110 valence electrons. The Morgan fingerprint density at radius 3 is 2.19 bits per heavy atom. The number of rotatable bonds is 4. The summed E-state index contributed by atoms with van der Waals surface area (Å²) in [4.78, 5) is 12.5. The summed E-state index contributed by atoms with van der Waals surface area (Å²) in [6.07, 6.45) is 0.279. The van der Waals surface area contributed by atoms with Crippen LogP contribution in [0.5, 0.6) is 0 Å². The second-order valence-electron chi connectivity index (χ2n) is 5.36. The molecular weight excluding hydrogens is 299 g/mol. The summed E-state index contributed by atoms with van der Waals surface area (Å²) in [6.45, 7) is 13.6. The molecule has 1 aromatic carbocycles. The zero-order chi connectivity index (χ0) is 15.7. The van der Waals surface area contributed by atoms with Crippen LogP contribution in [0, 0.1) is 20.8 Å². The molecule has 21 heavy (non-hydrogen) atoms. The molecule has 0 saturated heterocycles. The van der Waals surface area contributed by atoms with Crippen LogP contribution in [0.1, 0.15) is 32.6 Å². The molecule has 0 fully saturated rings. The minimum atomic E-state index is -2.39. The van der Waals surface area contributed by atoms with Gasteiger partial charge in [0.25, 0.3) is 0 Å². The van der Waals surface area contributed by atoms with E-state index in [0.717, 1.165) is 31.3 Å². The fourth-order valence-corrected chi connectivity index (χ4v) is 5.01. The molecule has 0 bridgehead atoms. The van der Waals surface area contributed by atoms with Crippen LogP contribution in [0.25, 0.3) is 13.2 Å². The third-order valence-corrected chi connectivity index (χ3v) is 5.80. The van der Waals surface area contributed by atoms with Crippen LogP contribution in [0.4, 0.5) is 0 Å². The number of hydrogen-bond acceptors (Lipinski definition) is 3. The largest absolute Gasteiger partial charge is 0.318 e. The zero-order valence-electron chi connectivity index (χ0n) is 12.6. The Morgan fingerprint density at radius 1 is 1.14 bits per heavy atom. The molecule has 0 radical (unpaired) electrons. The molecule has 0 saturated carbocycles.